The Morgan fingerprint density at radius 1 is 1.12 bits per heavy atom. The molecule has 0 atom stereocenters. The number of hydrogen-bond donors (Lipinski definition) is 0. The average molecular weight is 448 g/mol. The summed E-state index contributed by atoms with van der Waals surface area (Å²) in [4.78, 5) is 21.6. The summed E-state index contributed by atoms with van der Waals surface area (Å²) in [5.74, 6) is -0.0182. The summed E-state index contributed by atoms with van der Waals surface area (Å²) in [7, 11) is 3.00. The van der Waals surface area contributed by atoms with Crippen LogP contribution in [0.1, 0.15) is 32.1 Å². The monoisotopic (exact) mass is 447 g/mol. The van der Waals surface area contributed by atoms with Gasteiger partial charge in [0, 0.05) is 7.05 Å². The fourth-order valence-electron chi connectivity index (χ4n) is 4.24. The second-order valence-corrected chi connectivity index (χ2v) is 8.31. The zero-order valence-corrected chi connectivity index (χ0v) is 18.8. The third kappa shape index (κ3) is 4.75. The van der Waals surface area contributed by atoms with E-state index in [-0.39, 0.29) is 22.9 Å². The van der Waals surface area contributed by atoms with Crippen LogP contribution in [-0.4, -0.2) is 23.3 Å². The highest BCUT2D eigenvalue weighted by Crippen LogP contribution is 2.33. The molecule has 1 saturated carbocycles. The van der Waals surface area contributed by atoms with Gasteiger partial charge < -0.3 is 9.47 Å². The van der Waals surface area contributed by atoms with Crippen molar-refractivity contribution in [2.24, 2.45) is 13.0 Å². The van der Waals surface area contributed by atoms with Gasteiger partial charge in [-0.3, -0.25) is 9.36 Å². The minimum atomic E-state index is -0.566. The third-order valence-electron chi connectivity index (χ3n) is 6.13. The maximum Gasteiger partial charge on any atom is 0.299 e. The summed E-state index contributed by atoms with van der Waals surface area (Å²) < 4.78 is 26.9. The van der Waals surface area contributed by atoms with Crippen LogP contribution in [0.25, 0.3) is 27.2 Å². The van der Waals surface area contributed by atoms with E-state index in [9.17, 15) is 9.18 Å². The van der Waals surface area contributed by atoms with Crippen LogP contribution in [0, 0.1) is 18.3 Å². The summed E-state index contributed by atoms with van der Waals surface area (Å²) in [5.41, 5.74) is 1.83. The number of methoxy groups -OCH3 is 1. The maximum absolute atomic E-state index is 14.5. The lowest BCUT2D eigenvalue weighted by atomic mass is 9.90. The second-order valence-electron chi connectivity index (χ2n) is 8.31. The fraction of sp³-hybridized carbons (Fsp3) is 0.346. The average Bonchev–Trinajstić information content (AvgIpc) is 2.85. The van der Waals surface area contributed by atoms with Gasteiger partial charge in [0.05, 0.1) is 31.5 Å². The normalized spacial score (nSPS) is 14.0. The zero-order valence-electron chi connectivity index (χ0n) is 18.8. The molecule has 0 unspecified atom stereocenters. The number of rotatable bonds is 6. The van der Waals surface area contributed by atoms with Crippen molar-refractivity contribution in [3.05, 3.63) is 70.1 Å². The topological polar surface area (TPSA) is 57.7 Å². The lowest BCUT2D eigenvalue weighted by molar-refractivity contribution is 0.189. The Bertz CT molecular complexity index is 1240. The van der Waals surface area contributed by atoms with Crippen LogP contribution < -0.4 is 15.0 Å². The Morgan fingerprint density at radius 2 is 1.82 bits per heavy atom. The lowest BCUT2D eigenvalue weighted by Crippen LogP contribution is -2.25. The van der Waals surface area contributed by atoms with Crippen molar-refractivity contribution in [1.82, 2.24) is 9.55 Å². The Hall–Kier alpha value is -3.66. The molecule has 2 aromatic carbocycles. The van der Waals surface area contributed by atoms with Gasteiger partial charge in [0.1, 0.15) is 0 Å². The molecule has 0 N–H and O–H groups in total. The van der Waals surface area contributed by atoms with Gasteiger partial charge in [0.2, 0.25) is 0 Å². The van der Waals surface area contributed by atoms with Crippen LogP contribution >= 0.6 is 0 Å². The standard InChI is InChI=1S/C26H26FN3O3/c1-28-20-12-9-18(10-13-20)24-23(19-11-14-22(32-3)21(27)15-19)25(31)30(2)26(29-24)33-16-17-7-5-4-6-8-17/h9-15,17H,4-8,16H2,2-3H3. The van der Waals surface area contributed by atoms with Gasteiger partial charge >= 0.3 is 0 Å². The summed E-state index contributed by atoms with van der Waals surface area (Å²) in [6.45, 7) is 7.70. The molecule has 1 aliphatic rings. The lowest BCUT2D eigenvalue weighted by Gasteiger charge is -2.22. The fourth-order valence-corrected chi connectivity index (χ4v) is 4.24. The predicted octanol–water partition coefficient (Wildman–Crippen LogP) is 5.77. The van der Waals surface area contributed by atoms with E-state index in [1.807, 2.05) is 0 Å². The molecule has 6 nitrogen and oxygen atoms in total. The van der Waals surface area contributed by atoms with Gasteiger partial charge in [0.25, 0.3) is 11.6 Å². The molecule has 0 spiro atoms. The molecule has 33 heavy (non-hydrogen) atoms. The van der Waals surface area contributed by atoms with Crippen LogP contribution in [-0.2, 0) is 7.05 Å². The van der Waals surface area contributed by atoms with E-state index < -0.39 is 5.82 Å². The third-order valence-corrected chi connectivity index (χ3v) is 6.13. The highest BCUT2D eigenvalue weighted by atomic mass is 19.1. The number of aromatic nitrogens is 2. The Balaban J connectivity index is 1.82. The first kappa shape index (κ1) is 22.5. The van der Waals surface area contributed by atoms with E-state index in [1.165, 1.54) is 43.1 Å². The number of hydrogen-bond acceptors (Lipinski definition) is 4. The van der Waals surface area contributed by atoms with E-state index in [0.717, 1.165) is 12.8 Å². The van der Waals surface area contributed by atoms with Gasteiger partial charge in [-0.2, -0.15) is 4.98 Å². The molecule has 1 aliphatic carbocycles. The van der Waals surface area contributed by atoms with Gasteiger partial charge in [-0.1, -0.05) is 49.6 Å². The number of nitrogens with zero attached hydrogens (tertiary/aromatic N) is 3. The minimum absolute atomic E-state index is 0.0962. The number of ether oxygens (including phenoxy) is 2. The van der Waals surface area contributed by atoms with E-state index in [0.29, 0.717) is 35.0 Å². The van der Waals surface area contributed by atoms with E-state index in [1.54, 1.807) is 37.4 Å². The smallest absolute Gasteiger partial charge is 0.299 e. The Kier molecular flexibility index (Phi) is 6.74. The molecule has 170 valence electrons. The quantitative estimate of drug-likeness (QED) is 0.450. The van der Waals surface area contributed by atoms with Crippen molar-refractivity contribution in [2.45, 2.75) is 32.1 Å². The van der Waals surface area contributed by atoms with E-state index >= 15 is 0 Å². The van der Waals surface area contributed by atoms with Crippen LogP contribution in [0.4, 0.5) is 10.1 Å². The molecule has 0 radical (unpaired) electrons. The van der Waals surface area contributed by atoms with Crippen LogP contribution in [0.15, 0.2) is 47.3 Å². The first-order chi connectivity index (χ1) is 16.0. The van der Waals surface area contributed by atoms with Crippen LogP contribution in [0.3, 0.4) is 0 Å². The predicted molar refractivity (Wildman–Crippen MR) is 125 cm³/mol. The molecule has 0 saturated heterocycles. The Labute approximate surface area is 192 Å². The summed E-state index contributed by atoms with van der Waals surface area (Å²) in [6, 6.07) is 11.4. The van der Waals surface area contributed by atoms with Gasteiger partial charge in [-0.25, -0.2) is 9.24 Å². The molecule has 1 heterocycles. The highest BCUT2D eigenvalue weighted by Gasteiger charge is 2.21. The molecule has 0 aliphatic heterocycles. The Morgan fingerprint density at radius 3 is 2.45 bits per heavy atom. The van der Waals surface area contributed by atoms with Gasteiger partial charge in [0.15, 0.2) is 17.3 Å². The molecule has 0 amide bonds. The van der Waals surface area contributed by atoms with Crippen molar-refractivity contribution in [3.8, 4) is 34.1 Å². The number of halogens is 1. The summed E-state index contributed by atoms with van der Waals surface area (Å²) in [5, 5.41) is 0. The molecular formula is C26H26FN3O3. The molecule has 1 aromatic heterocycles. The number of benzene rings is 2. The molecular weight excluding hydrogens is 421 g/mol. The first-order valence-corrected chi connectivity index (χ1v) is 11.1. The summed E-state index contributed by atoms with van der Waals surface area (Å²) >= 11 is 0. The van der Waals surface area contributed by atoms with Crippen molar-refractivity contribution in [1.29, 1.82) is 0 Å². The molecule has 4 rings (SSSR count). The molecule has 7 heteroatoms. The zero-order chi connectivity index (χ0) is 23.4. The molecule has 3 aromatic rings. The van der Waals surface area contributed by atoms with E-state index in [4.69, 9.17) is 21.0 Å². The largest absolute Gasteiger partial charge is 0.494 e. The van der Waals surface area contributed by atoms with Crippen LogP contribution in [0.2, 0.25) is 0 Å². The minimum Gasteiger partial charge on any atom is -0.494 e. The highest BCUT2D eigenvalue weighted by molar-refractivity contribution is 5.81. The molecule has 1 fully saturated rings. The van der Waals surface area contributed by atoms with Crippen molar-refractivity contribution < 1.29 is 13.9 Å². The SMILES string of the molecule is [C-]#[N+]c1ccc(-c2nc(OCC3CCCCC3)n(C)c(=O)c2-c2ccc(OC)c(F)c2)cc1. The van der Waals surface area contributed by atoms with Crippen molar-refractivity contribution in [2.75, 3.05) is 13.7 Å². The van der Waals surface area contributed by atoms with Crippen LogP contribution in [0.5, 0.6) is 11.8 Å². The van der Waals surface area contributed by atoms with E-state index in [2.05, 4.69) is 4.85 Å². The first-order valence-electron chi connectivity index (χ1n) is 11.1. The van der Waals surface area contributed by atoms with Crippen molar-refractivity contribution in [3.63, 3.8) is 0 Å². The maximum atomic E-state index is 14.5. The van der Waals surface area contributed by atoms with Crippen molar-refractivity contribution >= 4 is 5.69 Å². The summed E-state index contributed by atoms with van der Waals surface area (Å²) in [6.07, 6.45) is 5.87. The van der Waals surface area contributed by atoms with Gasteiger partial charge in [-0.15, -0.1) is 0 Å². The molecule has 0 bridgehead atoms. The van der Waals surface area contributed by atoms with Gasteiger partial charge in [-0.05, 0) is 42.0 Å². The second kappa shape index (κ2) is 9.86.